The van der Waals surface area contributed by atoms with Crippen LogP contribution in [0.4, 0.5) is 5.69 Å². The normalized spacial score (nSPS) is 10.5. The molecular formula is C16H16N4. The van der Waals surface area contributed by atoms with Crippen LogP contribution in [0, 0.1) is 0 Å². The molecule has 0 bridgehead atoms. The highest BCUT2D eigenvalue weighted by atomic mass is 15.3. The van der Waals surface area contributed by atoms with Gasteiger partial charge in [-0.2, -0.15) is 5.10 Å². The molecule has 2 aromatic carbocycles. The first-order valence-electron chi connectivity index (χ1n) is 6.49. The van der Waals surface area contributed by atoms with Gasteiger partial charge in [0.15, 0.2) is 5.82 Å². The summed E-state index contributed by atoms with van der Waals surface area (Å²) in [5.41, 5.74) is 3.23. The Hall–Kier alpha value is -2.62. The minimum absolute atomic E-state index is 0.849. The molecule has 0 aliphatic rings. The Bertz CT molecular complexity index is 684. The van der Waals surface area contributed by atoms with Crippen LogP contribution in [0.2, 0.25) is 0 Å². The molecule has 1 aromatic heterocycles. The molecule has 0 saturated heterocycles. The van der Waals surface area contributed by atoms with Crippen molar-refractivity contribution in [3.05, 3.63) is 60.9 Å². The SMILES string of the molecule is CN(C)c1ccc(-c2ncnn2-c2ccccc2)cc1. The van der Waals surface area contributed by atoms with E-state index in [0.29, 0.717) is 0 Å². The Morgan fingerprint density at radius 3 is 2.25 bits per heavy atom. The maximum Gasteiger partial charge on any atom is 0.163 e. The maximum absolute atomic E-state index is 4.38. The van der Waals surface area contributed by atoms with Gasteiger partial charge in [-0.15, -0.1) is 0 Å². The van der Waals surface area contributed by atoms with Crippen molar-refractivity contribution in [2.24, 2.45) is 0 Å². The monoisotopic (exact) mass is 264 g/mol. The number of hydrogen-bond donors (Lipinski definition) is 0. The van der Waals surface area contributed by atoms with E-state index in [2.05, 4.69) is 39.2 Å². The van der Waals surface area contributed by atoms with E-state index in [1.165, 1.54) is 5.69 Å². The van der Waals surface area contributed by atoms with Crippen LogP contribution in [0.15, 0.2) is 60.9 Å². The van der Waals surface area contributed by atoms with Crippen molar-refractivity contribution in [1.29, 1.82) is 0 Å². The predicted molar refractivity (Wildman–Crippen MR) is 81.1 cm³/mol. The van der Waals surface area contributed by atoms with Gasteiger partial charge < -0.3 is 4.90 Å². The summed E-state index contributed by atoms with van der Waals surface area (Å²) >= 11 is 0. The lowest BCUT2D eigenvalue weighted by Crippen LogP contribution is -2.08. The van der Waals surface area contributed by atoms with Crippen LogP contribution in [-0.4, -0.2) is 28.9 Å². The number of benzene rings is 2. The van der Waals surface area contributed by atoms with Gasteiger partial charge in [0.05, 0.1) is 5.69 Å². The first kappa shape index (κ1) is 12.4. The van der Waals surface area contributed by atoms with Gasteiger partial charge in [0, 0.05) is 25.3 Å². The van der Waals surface area contributed by atoms with E-state index >= 15 is 0 Å². The van der Waals surface area contributed by atoms with Gasteiger partial charge in [-0.05, 0) is 36.4 Å². The van der Waals surface area contributed by atoms with Crippen molar-refractivity contribution >= 4 is 5.69 Å². The fourth-order valence-electron chi connectivity index (χ4n) is 2.11. The second-order valence-corrected chi connectivity index (χ2v) is 4.77. The maximum atomic E-state index is 4.38. The highest BCUT2D eigenvalue weighted by Gasteiger charge is 2.08. The van der Waals surface area contributed by atoms with Crippen molar-refractivity contribution < 1.29 is 0 Å². The Kier molecular flexibility index (Phi) is 3.21. The van der Waals surface area contributed by atoms with Gasteiger partial charge >= 0.3 is 0 Å². The average molecular weight is 264 g/mol. The molecule has 100 valence electrons. The molecule has 0 spiro atoms. The molecule has 0 amide bonds. The van der Waals surface area contributed by atoms with E-state index in [1.807, 2.05) is 49.1 Å². The molecule has 0 radical (unpaired) electrons. The van der Waals surface area contributed by atoms with E-state index < -0.39 is 0 Å². The van der Waals surface area contributed by atoms with Crippen LogP contribution in [0.25, 0.3) is 17.1 Å². The zero-order chi connectivity index (χ0) is 13.9. The molecular weight excluding hydrogens is 248 g/mol. The van der Waals surface area contributed by atoms with Crippen molar-refractivity contribution in [1.82, 2.24) is 14.8 Å². The van der Waals surface area contributed by atoms with Crippen LogP contribution in [0.5, 0.6) is 0 Å². The van der Waals surface area contributed by atoms with E-state index in [0.717, 1.165) is 17.1 Å². The molecule has 0 aliphatic carbocycles. The minimum Gasteiger partial charge on any atom is -0.378 e. The summed E-state index contributed by atoms with van der Waals surface area (Å²) in [5.74, 6) is 0.849. The third kappa shape index (κ3) is 2.28. The average Bonchev–Trinajstić information content (AvgIpc) is 2.97. The number of nitrogens with zero attached hydrogens (tertiary/aromatic N) is 4. The smallest absolute Gasteiger partial charge is 0.163 e. The molecule has 0 aliphatic heterocycles. The van der Waals surface area contributed by atoms with Gasteiger partial charge in [-0.1, -0.05) is 18.2 Å². The first-order chi connectivity index (χ1) is 9.75. The summed E-state index contributed by atoms with van der Waals surface area (Å²) in [6, 6.07) is 18.3. The van der Waals surface area contributed by atoms with Crippen molar-refractivity contribution in [3.8, 4) is 17.1 Å². The molecule has 4 nitrogen and oxygen atoms in total. The Labute approximate surface area is 118 Å². The fourth-order valence-corrected chi connectivity index (χ4v) is 2.11. The summed E-state index contributed by atoms with van der Waals surface area (Å²) in [7, 11) is 4.06. The molecule has 3 aromatic rings. The van der Waals surface area contributed by atoms with Crippen molar-refractivity contribution in [2.75, 3.05) is 19.0 Å². The Morgan fingerprint density at radius 2 is 1.60 bits per heavy atom. The Morgan fingerprint density at radius 1 is 0.900 bits per heavy atom. The molecule has 0 atom stereocenters. The molecule has 0 saturated carbocycles. The summed E-state index contributed by atoms with van der Waals surface area (Å²) in [4.78, 5) is 6.45. The van der Waals surface area contributed by atoms with Crippen LogP contribution in [0.3, 0.4) is 0 Å². The van der Waals surface area contributed by atoms with Gasteiger partial charge in [0.25, 0.3) is 0 Å². The van der Waals surface area contributed by atoms with E-state index in [4.69, 9.17) is 0 Å². The van der Waals surface area contributed by atoms with Crippen LogP contribution < -0.4 is 4.90 Å². The van der Waals surface area contributed by atoms with Gasteiger partial charge in [0.2, 0.25) is 0 Å². The van der Waals surface area contributed by atoms with E-state index in [-0.39, 0.29) is 0 Å². The lowest BCUT2D eigenvalue weighted by atomic mass is 10.2. The molecule has 3 rings (SSSR count). The molecule has 1 heterocycles. The zero-order valence-electron chi connectivity index (χ0n) is 11.6. The van der Waals surface area contributed by atoms with E-state index in [9.17, 15) is 0 Å². The highest BCUT2D eigenvalue weighted by Crippen LogP contribution is 2.22. The molecule has 20 heavy (non-hydrogen) atoms. The number of aromatic nitrogens is 3. The third-order valence-electron chi connectivity index (χ3n) is 3.19. The second-order valence-electron chi connectivity index (χ2n) is 4.77. The summed E-state index contributed by atoms with van der Waals surface area (Å²) in [6.07, 6.45) is 1.59. The molecule has 0 fully saturated rings. The third-order valence-corrected chi connectivity index (χ3v) is 3.19. The molecule has 0 N–H and O–H groups in total. The highest BCUT2D eigenvalue weighted by molar-refractivity contribution is 5.61. The molecule has 0 unspecified atom stereocenters. The standard InChI is InChI=1S/C16H16N4/c1-19(2)14-10-8-13(9-11-14)16-17-12-18-20(16)15-6-4-3-5-7-15/h3-12H,1-2H3. The van der Waals surface area contributed by atoms with Crippen molar-refractivity contribution in [3.63, 3.8) is 0 Å². The second kappa shape index (κ2) is 5.17. The fraction of sp³-hybridized carbons (Fsp3) is 0.125. The molecule has 4 heteroatoms. The summed E-state index contributed by atoms with van der Waals surface area (Å²) in [5, 5.41) is 4.32. The number of rotatable bonds is 3. The van der Waals surface area contributed by atoms with Crippen molar-refractivity contribution in [2.45, 2.75) is 0 Å². The summed E-state index contributed by atoms with van der Waals surface area (Å²) < 4.78 is 1.85. The lowest BCUT2D eigenvalue weighted by molar-refractivity contribution is 0.887. The lowest BCUT2D eigenvalue weighted by Gasteiger charge is -2.12. The van der Waals surface area contributed by atoms with Gasteiger partial charge in [-0.25, -0.2) is 9.67 Å². The number of hydrogen-bond acceptors (Lipinski definition) is 3. The van der Waals surface area contributed by atoms with Crippen LogP contribution in [-0.2, 0) is 0 Å². The topological polar surface area (TPSA) is 34.0 Å². The van der Waals surface area contributed by atoms with Gasteiger partial charge in [-0.3, -0.25) is 0 Å². The van der Waals surface area contributed by atoms with Gasteiger partial charge in [0.1, 0.15) is 6.33 Å². The Balaban J connectivity index is 2.01. The van der Waals surface area contributed by atoms with Crippen LogP contribution >= 0.6 is 0 Å². The first-order valence-corrected chi connectivity index (χ1v) is 6.49. The quantitative estimate of drug-likeness (QED) is 0.729. The number of anilines is 1. The van der Waals surface area contributed by atoms with E-state index in [1.54, 1.807) is 6.33 Å². The minimum atomic E-state index is 0.849. The summed E-state index contributed by atoms with van der Waals surface area (Å²) in [6.45, 7) is 0. The zero-order valence-corrected chi connectivity index (χ0v) is 11.6. The number of para-hydroxylation sites is 1. The van der Waals surface area contributed by atoms with Crippen LogP contribution in [0.1, 0.15) is 0 Å². The predicted octanol–water partition coefficient (Wildman–Crippen LogP) is 3.00. The largest absolute Gasteiger partial charge is 0.378 e.